The average molecular weight is 267 g/mol. The molecule has 1 aromatic rings. The summed E-state index contributed by atoms with van der Waals surface area (Å²) >= 11 is 5.58. The standard InChI is InChI=1S/C14H21NS2/c1-4-15(5-2)14(16)17(6-3)12-13-10-8-7-9-11-13/h6-11,17H,3-5,12H2,1-2H3. The van der Waals surface area contributed by atoms with Crippen LogP contribution in [0.4, 0.5) is 0 Å². The van der Waals surface area contributed by atoms with Gasteiger partial charge in [-0.3, -0.25) is 0 Å². The Labute approximate surface area is 113 Å². The summed E-state index contributed by atoms with van der Waals surface area (Å²) in [5.41, 5.74) is 1.34. The summed E-state index contributed by atoms with van der Waals surface area (Å²) in [6, 6.07) is 10.5. The molecule has 0 saturated carbocycles. The Kier molecular flexibility index (Phi) is 6.30. The first-order valence-corrected chi connectivity index (χ1v) is 7.95. The minimum atomic E-state index is -0.426. The zero-order chi connectivity index (χ0) is 12.7. The quantitative estimate of drug-likeness (QED) is 0.635. The van der Waals surface area contributed by atoms with E-state index in [1.807, 2.05) is 11.5 Å². The summed E-state index contributed by atoms with van der Waals surface area (Å²) in [4.78, 5) is 2.26. The highest BCUT2D eigenvalue weighted by molar-refractivity contribution is 8.37. The van der Waals surface area contributed by atoms with Crippen LogP contribution >= 0.6 is 23.1 Å². The second-order valence-electron chi connectivity index (χ2n) is 3.75. The molecule has 0 aliphatic heterocycles. The Morgan fingerprint density at radius 1 is 1.29 bits per heavy atom. The topological polar surface area (TPSA) is 3.24 Å². The van der Waals surface area contributed by atoms with Gasteiger partial charge in [0.05, 0.1) is 0 Å². The number of rotatable bonds is 5. The SMILES string of the molecule is C=C[SH](Cc1ccccc1)C(=S)N(CC)CC. The fourth-order valence-electron chi connectivity index (χ4n) is 1.67. The molecule has 0 amide bonds. The van der Waals surface area contributed by atoms with E-state index in [0.29, 0.717) is 0 Å². The summed E-state index contributed by atoms with van der Waals surface area (Å²) in [6.45, 7) is 10.2. The van der Waals surface area contributed by atoms with Crippen LogP contribution in [-0.2, 0) is 5.75 Å². The average Bonchev–Trinajstić information content (AvgIpc) is 2.38. The number of thiol groups is 1. The van der Waals surface area contributed by atoms with E-state index < -0.39 is 10.9 Å². The van der Waals surface area contributed by atoms with E-state index >= 15 is 0 Å². The van der Waals surface area contributed by atoms with Gasteiger partial charge < -0.3 is 4.90 Å². The Bertz CT molecular complexity index is 358. The lowest BCUT2D eigenvalue weighted by Crippen LogP contribution is -2.28. The Balaban J connectivity index is 2.72. The van der Waals surface area contributed by atoms with Crippen LogP contribution in [0.25, 0.3) is 0 Å². The molecule has 1 atom stereocenters. The third kappa shape index (κ3) is 4.17. The second-order valence-corrected chi connectivity index (χ2v) is 6.48. The molecule has 0 fully saturated rings. The van der Waals surface area contributed by atoms with Crippen LogP contribution in [0.15, 0.2) is 42.3 Å². The molecular weight excluding hydrogens is 246 g/mol. The van der Waals surface area contributed by atoms with Gasteiger partial charge in [0.25, 0.3) is 0 Å². The number of thiocarbonyl (C=S) groups is 1. The minimum absolute atomic E-state index is 0.426. The molecule has 17 heavy (non-hydrogen) atoms. The van der Waals surface area contributed by atoms with E-state index in [1.54, 1.807) is 0 Å². The van der Waals surface area contributed by atoms with Crippen LogP contribution in [0, 0.1) is 0 Å². The highest BCUT2D eigenvalue weighted by Gasteiger charge is 2.12. The van der Waals surface area contributed by atoms with Gasteiger partial charge in [0.1, 0.15) is 4.32 Å². The zero-order valence-electron chi connectivity index (χ0n) is 10.6. The highest BCUT2D eigenvalue weighted by atomic mass is 32.2. The summed E-state index contributed by atoms with van der Waals surface area (Å²) in [6.07, 6.45) is 0. The molecule has 0 saturated heterocycles. The minimum Gasteiger partial charge on any atom is -0.359 e. The first-order valence-electron chi connectivity index (χ1n) is 5.94. The van der Waals surface area contributed by atoms with Gasteiger partial charge in [-0.1, -0.05) is 54.5 Å². The largest absolute Gasteiger partial charge is 0.359 e. The molecule has 0 heterocycles. The van der Waals surface area contributed by atoms with Crippen molar-refractivity contribution in [2.24, 2.45) is 0 Å². The third-order valence-electron chi connectivity index (χ3n) is 2.70. The van der Waals surface area contributed by atoms with Gasteiger partial charge >= 0.3 is 0 Å². The molecular formula is C14H21NS2. The van der Waals surface area contributed by atoms with Gasteiger partial charge in [0.15, 0.2) is 0 Å². The lowest BCUT2D eigenvalue weighted by Gasteiger charge is -2.28. The summed E-state index contributed by atoms with van der Waals surface area (Å²) in [5, 5.41) is 2.03. The molecule has 0 radical (unpaired) electrons. The van der Waals surface area contributed by atoms with Crippen LogP contribution < -0.4 is 0 Å². The number of hydrogen-bond donors (Lipinski definition) is 1. The van der Waals surface area contributed by atoms with Crippen molar-refractivity contribution in [1.82, 2.24) is 4.90 Å². The summed E-state index contributed by atoms with van der Waals surface area (Å²) in [7, 11) is -0.426. The number of nitrogens with zero attached hydrogens (tertiary/aromatic N) is 1. The molecule has 94 valence electrons. The van der Waals surface area contributed by atoms with Crippen molar-refractivity contribution in [2.75, 3.05) is 13.1 Å². The van der Waals surface area contributed by atoms with Gasteiger partial charge in [0, 0.05) is 18.8 Å². The number of hydrogen-bond acceptors (Lipinski definition) is 1. The maximum absolute atomic E-state index is 5.58. The second kappa shape index (κ2) is 7.51. The van der Waals surface area contributed by atoms with Crippen molar-refractivity contribution in [3.63, 3.8) is 0 Å². The van der Waals surface area contributed by atoms with E-state index in [0.717, 1.165) is 23.2 Å². The summed E-state index contributed by atoms with van der Waals surface area (Å²) < 4.78 is 1.07. The van der Waals surface area contributed by atoms with Crippen molar-refractivity contribution in [2.45, 2.75) is 19.6 Å². The van der Waals surface area contributed by atoms with Crippen LogP contribution in [0.5, 0.6) is 0 Å². The van der Waals surface area contributed by atoms with Gasteiger partial charge in [-0.2, -0.15) is 10.9 Å². The van der Waals surface area contributed by atoms with E-state index in [4.69, 9.17) is 12.2 Å². The van der Waals surface area contributed by atoms with E-state index in [-0.39, 0.29) is 0 Å². The Hall–Kier alpha value is -0.800. The fourth-order valence-corrected chi connectivity index (χ4v) is 4.01. The van der Waals surface area contributed by atoms with Crippen molar-refractivity contribution < 1.29 is 0 Å². The molecule has 0 bridgehead atoms. The van der Waals surface area contributed by atoms with Crippen LogP contribution in [-0.4, -0.2) is 22.3 Å². The van der Waals surface area contributed by atoms with Crippen molar-refractivity contribution in [1.29, 1.82) is 0 Å². The third-order valence-corrected chi connectivity index (χ3v) is 5.58. The predicted octanol–water partition coefficient (Wildman–Crippen LogP) is 3.96. The molecule has 1 rings (SSSR count). The predicted molar refractivity (Wildman–Crippen MR) is 84.8 cm³/mol. The zero-order valence-corrected chi connectivity index (χ0v) is 12.3. The normalized spacial score (nSPS) is 12.9. The maximum atomic E-state index is 5.58. The smallest absolute Gasteiger partial charge is 0.120 e. The molecule has 0 spiro atoms. The Morgan fingerprint density at radius 2 is 1.88 bits per heavy atom. The van der Waals surface area contributed by atoms with Crippen LogP contribution in [0.3, 0.4) is 0 Å². The van der Waals surface area contributed by atoms with E-state index in [2.05, 4.69) is 49.6 Å². The van der Waals surface area contributed by atoms with Crippen molar-refractivity contribution in [3.8, 4) is 0 Å². The van der Waals surface area contributed by atoms with E-state index in [1.165, 1.54) is 5.56 Å². The van der Waals surface area contributed by atoms with Gasteiger partial charge in [-0.15, -0.1) is 0 Å². The molecule has 0 aromatic heterocycles. The first kappa shape index (κ1) is 14.3. The van der Waals surface area contributed by atoms with Crippen LogP contribution in [0.1, 0.15) is 19.4 Å². The van der Waals surface area contributed by atoms with Gasteiger partial charge in [-0.05, 0) is 19.4 Å². The lowest BCUT2D eigenvalue weighted by molar-refractivity contribution is 0.482. The lowest BCUT2D eigenvalue weighted by atomic mass is 10.2. The highest BCUT2D eigenvalue weighted by Crippen LogP contribution is 2.34. The van der Waals surface area contributed by atoms with Crippen LogP contribution in [0.2, 0.25) is 0 Å². The van der Waals surface area contributed by atoms with Crippen molar-refractivity contribution in [3.05, 3.63) is 47.9 Å². The van der Waals surface area contributed by atoms with Crippen molar-refractivity contribution >= 4 is 27.4 Å². The maximum Gasteiger partial charge on any atom is 0.120 e. The molecule has 0 N–H and O–H groups in total. The summed E-state index contributed by atoms with van der Waals surface area (Å²) in [5.74, 6) is 1.01. The molecule has 0 aliphatic rings. The molecule has 1 nitrogen and oxygen atoms in total. The monoisotopic (exact) mass is 267 g/mol. The Morgan fingerprint density at radius 3 is 2.35 bits per heavy atom. The van der Waals surface area contributed by atoms with Gasteiger partial charge in [-0.25, -0.2) is 0 Å². The fraction of sp³-hybridized carbons (Fsp3) is 0.357. The molecule has 1 unspecified atom stereocenters. The molecule has 0 aliphatic carbocycles. The molecule has 1 aromatic carbocycles. The van der Waals surface area contributed by atoms with E-state index in [9.17, 15) is 0 Å². The number of benzene rings is 1. The van der Waals surface area contributed by atoms with Gasteiger partial charge in [0.2, 0.25) is 0 Å². The first-order chi connectivity index (χ1) is 8.22. The molecule has 3 heteroatoms.